The number of hydrogen-bond donors (Lipinski definition) is 1. The Morgan fingerprint density at radius 2 is 1.43 bits per heavy atom. The summed E-state index contributed by atoms with van der Waals surface area (Å²) in [6.45, 7) is 2.74. The lowest BCUT2D eigenvalue weighted by atomic mass is 10.1. The lowest BCUT2D eigenvalue weighted by molar-refractivity contribution is -0.873. The highest BCUT2D eigenvalue weighted by molar-refractivity contribution is 5.71. The third-order valence-electron chi connectivity index (χ3n) is 4.59. The summed E-state index contributed by atoms with van der Waals surface area (Å²) >= 11 is 0. The number of rotatable bonds is 18. The predicted molar refractivity (Wildman–Crippen MR) is 115 cm³/mol. The number of allylic oxidation sites excluding steroid dienone is 2. The number of likely N-dealkylation sites (N-methyl/N-ethyl adjacent to an activating group) is 1. The largest absolute Gasteiger partial charge is 0.481 e. The SMILES string of the molecule is CCCCCC/C=C\CCCCCCCC(=O)OC(CC(=O)O)C[N+](C)(C)C. The van der Waals surface area contributed by atoms with E-state index in [9.17, 15) is 9.59 Å². The summed E-state index contributed by atoms with van der Waals surface area (Å²) in [6.07, 6.45) is 17.3. The molecule has 0 saturated heterocycles. The highest BCUT2D eigenvalue weighted by Crippen LogP contribution is 2.11. The van der Waals surface area contributed by atoms with Crippen LogP contribution in [0.2, 0.25) is 0 Å². The van der Waals surface area contributed by atoms with Crippen LogP contribution < -0.4 is 0 Å². The van der Waals surface area contributed by atoms with Gasteiger partial charge in [-0.3, -0.25) is 9.59 Å². The molecular weight excluding hydrogens is 354 g/mol. The van der Waals surface area contributed by atoms with Crippen LogP contribution in [0.15, 0.2) is 12.2 Å². The summed E-state index contributed by atoms with van der Waals surface area (Å²) in [5.41, 5.74) is 0. The third kappa shape index (κ3) is 19.4. The normalized spacial score (nSPS) is 13.0. The molecule has 0 aliphatic heterocycles. The maximum Gasteiger partial charge on any atom is 0.307 e. The number of nitrogens with zero attached hydrogens (tertiary/aromatic N) is 1. The highest BCUT2D eigenvalue weighted by Gasteiger charge is 2.24. The molecule has 0 spiro atoms. The molecule has 0 aliphatic rings. The van der Waals surface area contributed by atoms with Crippen molar-refractivity contribution in [3.05, 3.63) is 12.2 Å². The molecule has 0 bridgehead atoms. The molecule has 0 saturated carbocycles. The first kappa shape index (κ1) is 26.6. The van der Waals surface area contributed by atoms with Crippen molar-refractivity contribution < 1.29 is 23.9 Å². The molecule has 0 aromatic heterocycles. The van der Waals surface area contributed by atoms with Crippen molar-refractivity contribution in [3.63, 3.8) is 0 Å². The second-order valence-electron chi connectivity index (χ2n) is 8.81. The van der Waals surface area contributed by atoms with Crippen LogP contribution in [0.5, 0.6) is 0 Å². The minimum absolute atomic E-state index is 0.132. The molecule has 28 heavy (non-hydrogen) atoms. The molecule has 0 fully saturated rings. The number of esters is 1. The zero-order chi connectivity index (χ0) is 21.3. The monoisotopic (exact) mass is 398 g/mol. The summed E-state index contributed by atoms with van der Waals surface area (Å²) in [6, 6.07) is 0. The van der Waals surface area contributed by atoms with E-state index < -0.39 is 12.1 Å². The van der Waals surface area contributed by atoms with Crippen molar-refractivity contribution >= 4 is 11.9 Å². The summed E-state index contributed by atoms with van der Waals surface area (Å²) in [4.78, 5) is 23.0. The van der Waals surface area contributed by atoms with Crippen molar-refractivity contribution in [2.24, 2.45) is 0 Å². The molecule has 0 radical (unpaired) electrons. The molecular formula is C23H44NO4+. The fourth-order valence-electron chi connectivity index (χ4n) is 3.18. The standard InChI is InChI=1S/C23H43NO4/c1-5-6-7-8-9-10-11-12-13-14-15-16-17-18-23(27)28-21(19-22(25)26)20-24(2,3)4/h10-11,21H,5-9,12-20H2,1-4H3/p+1/b11-10-. The first-order valence-corrected chi connectivity index (χ1v) is 11.1. The molecule has 0 rings (SSSR count). The molecule has 0 heterocycles. The zero-order valence-electron chi connectivity index (χ0n) is 18.8. The van der Waals surface area contributed by atoms with E-state index in [4.69, 9.17) is 9.84 Å². The van der Waals surface area contributed by atoms with Crippen LogP contribution in [0.3, 0.4) is 0 Å². The Kier molecular flexibility index (Phi) is 15.8. The van der Waals surface area contributed by atoms with Crippen LogP contribution in [0.1, 0.15) is 90.4 Å². The zero-order valence-corrected chi connectivity index (χ0v) is 18.8. The van der Waals surface area contributed by atoms with Crippen molar-refractivity contribution in [3.8, 4) is 0 Å². The van der Waals surface area contributed by atoms with E-state index in [1.165, 1.54) is 44.9 Å². The van der Waals surface area contributed by atoms with Gasteiger partial charge >= 0.3 is 11.9 Å². The van der Waals surface area contributed by atoms with Crippen molar-refractivity contribution in [1.29, 1.82) is 0 Å². The summed E-state index contributed by atoms with van der Waals surface area (Å²) in [5.74, 6) is -1.20. The van der Waals surface area contributed by atoms with E-state index in [2.05, 4.69) is 19.1 Å². The van der Waals surface area contributed by atoms with Crippen LogP contribution >= 0.6 is 0 Å². The molecule has 1 N–H and O–H groups in total. The van der Waals surface area contributed by atoms with Gasteiger partial charge in [0, 0.05) is 6.42 Å². The smallest absolute Gasteiger partial charge is 0.307 e. The van der Waals surface area contributed by atoms with Gasteiger partial charge in [-0.1, -0.05) is 57.6 Å². The van der Waals surface area contributed by atoms with Gasteiger partial charge in [-0.2, -0.15) is 0 Å². The predicted octanol–water partition coefficient (Wildman–Crippen LogP) is 5.34. The van der Waals surface area contributed by atoms with Gasteiger partial charge in [-0.05, 0) is 32.1 Å². The highest BCUT2D eigenvalue weighted by atomic mass is 16.5. The number of quaternary nitrogens is 1. The molecule has 0 aromatic rings. The second-order valence-corrected chi connectivity index (χ2v) is 8.81. The molecule has 0 aromatic carbocycles. The average Bonchev–Trinajstić information content (AvgIpc) is 2.56. The first-order valence-electron chi connectivity index (χ1n) is 11.1. The maximum atomic E-state index is 12.0. The fraction of sp³-hybridized carbons (Fsp3) is 0.826. The van der Waals surface area contributed by atoms with Gasteiger partial charge in [-0.15, -0.1) is 0 Å². The van der Waals surface area contributed by atoms with Crippen LogP contribution in [0.25, 0.3) is 0 Å². The van der Waals surface area contributed by atoms with Gasteiger partial charge in [-0.25, -0.2) is 0 Å². The fourth-order valence-corrected chi connectivity index (χ4v) is 3.18. The number of ether oxygens (including phenoxy) is 1. The molecule has 164 valence electrons. The quantitative estimate of drug-likeness (QED) is 0.147. The van der Waals surface area contributed by atoms with Crippen LogP contribution in [0.4, 0.5) is 0 Å². The molecule has 0 amide bonds. The number of carbonyl (C=O) groups excluding carboxylic acids is 1. The Hall–Kier alpha value is -1.36. The third-order valence-corrected chi connectivity index (χ3v) is 4.59. The number of hydrogen-bond acceptors (Lipinski definition) is 3. The lowest BCUT2D eigenvalue weighted by Crippen LogP contribution is -2.43. The van der Waals surface area contributed by atoms with Gasteiger partial charge in [0.05, 0.1) is 27.6 Å². The Morgan fingerprint density at radius 1 is 0.893 bits per heavy atom. The number of carbonyl (C=O) groups is 2. The second kappa shape index (κ2) is 16.6. The van der Waals surface area contributed by atoms with E-state index in [0.29, 0.717) is 17.4 Å². The van der Waals surface area contributed by atoms with Crippen LogP contribution in [-0.2, 0) is 14.3 Å². The lowest BCUT2D eigenvalue weighted by Gasteiger charge is -2.28. The molecule has 1 atom stereocenters. The van der Waals surface area contributed by atoms with Crippen molar-refractivity contribution in [1.82, 2.24) is 0 Å². The topological polar surface area (TPSA) is 63.6 Å². The number of aliphatic carboxylic acids is 1. The number of carboxylic acids is 1. The van der Waals surface area contributed by atoms with Gasteiger partial charge in [0.1, 0.15) is 6.54 Å². The van der Waals surface area contributed by atoms with E-state index >= 15 is 0 Å². The van der Waals surface area contributed by atoms with E-state index in [1.807, 2.05) is 21.1 Å². The molecule has 5 heteroatoms. The van der Waals surface area contributed by atoms with E-state index in [-0.39, 0.29) is 12.4 Å². The van der Waals surface area contributed by atoms with Crippen molar-refractivity contribution in [2.75, 3.05) is 27.7 Å². The average molecular weight is 399 g/mol. The number of carboxylic acid groups (broad SMARTS) is 1. The summed E-state index contributed by atoms with van der Waals surface area (Å²) < 4.78 is 5.97. The molecule has 1 unspecified atom stereocenters. The summed E-state index contributed by atoms with van der Waals surface area (Å²) in [5, 5.41) is 8.99. The molecule has 0 aliphatic carbocycles. The van der Waals surface area contributed by atoms with Gasteiger partial charge < -0.3 is 14.3 Å². The van der Waals surface area contributed by atoms with Crippen LogP contribution in [0, 0.1) is 0 Å². The Morgan fingerprint density at radius 3 is 1.96 bits per heavy atom. The Balaban J connectivity index is 3.72. The Labute approximate surface area is 172 Å². The van der Waals surface area contributed by atoms with Gasteiger partial charge in [0.15, 0.2) is 6.10 Å². The van der Waals surface area contributed by atoms with E-state index in [0.717, 1.165) is 25.7 Å². The van der Waals surface area contributed by atoms with E-state index in [1.54, 1.807) is 0 Å². The number of unbranched alkanes of at least 4 members (excludes halogenated alkanes) is 9. The van der Waals surface area contributed by atoms with Crippen molar-refractivity contribution in [2.45, 2.75) is 96.5 Å². The molecule has 5 nitrogen and oxygen atoms in total. The van der Waals surface area contributed by atoms with Crippen LogP contribution in [-0.4, -0.2) is 55.3 Å². The Bertz CT molecular complexity index is 440. The summed E-state index contributed by atoms with van der Waals surface area (Å²) in [7, 11) is 5.89. The minimum atomic E-state index is -0.929. The first-order chi connectivity index (χ1) is 13.2. The maximum absolute atomic E-state index is 12.0. The van der Waals surface area contributed by atoms with Gasteiger partial charge in [0.25, 0.3) is 0 Å². The minimum Gasteiger partial charge on any atom is -0.481 e. The van der Waals surface area contributed by atoms with Gasteiger partial charge in [0.2, 0.25) is 0 Å².